The van der Waals surface area contributed by atoms with Crippen LogP contribution >= 0.6 is 22.6 Å². The molecular weight excluding hydrogens is 239 g/mol. The first-order valence-electron chi connectivity index (χ1n) is 2.10. The van der Waals surface area contributed by atoms with E-state index in [4.69, 9.17) is 0 Å². The van der Waals surface area contributed by atoms with E-state index in [1.165, 1.54) is 3.57 Å². The van der Waals surface area contributed by atoms with Crippen LogP contribution in [0.1, 0.15) is 0 Å². The normalized spacial score (nSPS) is 7.62. The Bertz CT molecular complexity index is 138. The van der Waals surface area contributed by atoms with Gasteiger partial charge in [0, 0.05) is 3.57 Å². The summed E-state index contributed by atoms with van der Waals surface area (Å²) in [5.74, 6) is 0. The average Bonchev–Trinajstić information content (AvgIpc) is 1.69. The van der Waals surface area contributed by atoms with Crippen molar-refractivity contribution in [3.8, 4) is 0 Å². The van der Waals surface area contributed by atoms with Crippen molar-refractivity contribution < 1.29 is 0 Å². The van der Waals surface area contributed by atoms with Crippen LogP contribution in [-0.4, -0.2) is 37.7 Å². The quantitative estimate of drug-likeness (QED) is 0.483. The van der Waals surface area contributed by atoms with Gasteiger partial charge in [-0.15, -0.1) is 0 Å². The minimum atomic E-state index is 0. The van der Waals surface area contributed by atoms with Crippen molar-refractivity contribution in [3.63, 3.8) is 0 Å². The van der Waals surface area contributed by atoms with E-state index in [0.717, 1.165) is 0 Å². The molecule has 1 rings (SSSR count). The van der Waals surface area contributed by atoms with Crippen molar-refractivity contribution in [2.75, 3.05) is 0 Å². The Morgan fingerprint density at radius 1 is 1.00 bits per heavy atom. The number of rotatable bonds is 0. The van der Waals surface area contributed by atoms with Gasteiger partial charge in [-0.1, -0.05) is 18.2 Å². The summed E-state index contributed by atoms with van der Waals surface area (Å²) in [5.41, 5.74) is 0. The van der Waals surface area contributed by atoms with Crippen LogP contribution in [0.4, 0.5) is 0 Å². The third-order valence-electron chi connectivity index (χ3n) is 0.733. The number of hydrogen-bond donors (Lipinski definition) is 0. The summed E-state index contributed by atoms with van der Waals surface area (Å²) in [4.78, 5) is 0. The molecular formula is C6H5CaI+2. The summed E-state index contributed by atoms with van der Waals surface area (Å²) in [6.45, 7) is 0. The molecule has 0 aliphatic rings. The molecule has 0 unspecified atom stereocenters. The minimum Gasteiger partial charge on any atom is -0.0622 e. The van der Waals surface area contributed by atoms with E-state index in [2.05, 4.69) is 34.7 Å². The van der Waals surface area contributed by atoms with Crippen LogP contribution in [0.15, 0.2) is 30.3 Å². The standard InChI is InChI=1S/C6H5I.Ca/c7-6-4-2-1-3-5-6;/h1-5H;/q;+2. The molecule has 0 atom stereocenters. The van der Waals surface area contributed by atoms with Gasteiger partial charge in [0.05, 0.1) is 0 Å². The molecule has 0 N–H and O–H groups in total. The first-order chi connectivity index (χ1) is 3.39. The summed E-state index contributed by atoms with van der Waals surface area (Å²) in [6.07, 6.45) is 0. The first kappa shape index (κ1) is 9.21. The van der Waals surface area contributed by atoms with Crippen LogP contribution in [0.2, 0.25) is 0 Å². The second-order valence-corrected chi connectivity index (χ2v) is 2.54. The molecule has 36 valence electrons. The second kappa shape index (κ2) is 5.03. The van der Waals surface area contributed by atoms with Crippen molar-refractivity contribution >= 4 is 60.3 Å². The summed E-state index contributed by atoms with van der Waals surface area (Å²) in [7, 11) is 0. The van der Waals surface area contributed by atoms with Gasteiger partial charge in [-0.05, 0) is 34.7 Å². The molecule has 0 heterocycles. The predicted molar refractivity (Wildman–Crippen MR) is 44.9 cm³/mol. The summed E-state index contributed by atoms with van der Waals surface area (Å²) in [5, 5.41) is 0. The topological polar surface area (TPSA) is 0 Å². The van der Waals surface area contributed by atoms with Crippen molar-refractivity contribution in [2.45, 2.75) is 0 Å². The smallest absolute Gasteiger partial charge is 0.0622 e. The monoisotopic (exact) mass is 244 g/mol. The third-order valence-corrected chi connectivity index (χ3v) is 1.45. The van der Waals surface area contributed by atoms with Gasteiger partial charge in [0.15, 0.2) is 0 Å². The SMILES string of the molecule is Ic1ccccc1.[Ca+2]. The van der Waals surface area contributed by atoms with E-state index in [1.54, 1.807) is 0 Å². The third kappa shape index (κ3) is 3.28. The van der Waals surface area contributed by atoms with Crippen molar-refractivity contribution in [2.24, 2.45) is 0 Å². The molecule has 0 spiro atoms. The van der Waals surface area contributed by atoms with Gasteiger partial charge >= 0.3 is 37.7 Å². The zero-order valence-corrected chi connectivity index (χ0v) is 8.84. The Balaban J connectivity index is 0.000000490. The van der Waals surface area contributed by atoms with E-state index in [1.807, 2.05) is 18.2 Å². The van der Waals surface area contributed by atoms with Crippen molar-refractivity contribution in [1.29, 1.82) is 0 Å². The molecule has 0 saturated heterocycles. The molecule has 0 radical (unpaired) electrons. The van der Waals surface area contributed by atoms with Crippen LogP contribution < -0.4 is 0 Å². The Kier molecular flexibility index (Phi) is 5.79. The first-order valence-corrected chi connectivity index (χ1v) is 3.18. The molecule has 8 heavy (non-hydrogen) atoms. The fourth-order valence-corrected chi connectivity index (χ4v) is 0.830. The molecule has 1 aromatic rings. The van der Waals surface area contributed by atoms with Gasteiger partial charge in [-0.3, -0.25) is 0 Å². The van der Waals surface area contributed by atoms with Gasteiger partial charge < -0.3 is 0 Å². The van der Waals surface area contributed by atoms with Crippen LogP contribution in [-0.2, 0) is 0 Å². The Morgan fingerprint density at radius 3 is 1.75 bits per heavy atom. The maximum atomic E-state index is 2.28. The number of benzene rings is 1. The largest absolute Gasteiger partial charge is 2.00 e. The molecule has 0 fully saturated rings. The van der Waals surface area contributed by atoms with E-state index >= 15 is 0 Å². The Morgan fingerprint density at radius 2 is 1.50 bits per heavy atom. The van der Waals surface area contributed by atoms with Crippen molar-refractivity contribution in [3.05, 3.63) is 33.9 Å². The number of hydrogen-bond acceptors (Lipinski definition) is 0. The molecule has 2 heteroatoms. The minimum absolute atomic E-state index is 0. The molecule has 0 amide bonds. The molecule has 0 bridgehead atoms. The van der Waals surface area contributed by atoms with E-state index in [-0.39, 0.29) is 37.7 Å². The maximum absolute atomic E-state index is 2.28. The van der Waals surface area contributed by atoms with Gasteiger partial charge in [0.1, 0.15) is 0 Å². The van der Waals surface area contributed by atoms with Crippen LogP contribution in [0, 0.1) is 3.57 Å². The zero-order valence-electron chi connectivity index (χ0n) is 4.47. The Labute approximate surface area is 92.8 Å². The fraction of sp³-hybridized carbons (Fsp3) is 0. The van der Waals surface area contributed by atoms with Crippen molar-refractivity contribution in [1.82, 2.24) is 0 Å². The van der Waals surface area contributed by atoms with Gasteiger partial charge in [0.2, 0.25) is 0 Å². The second-order valence-electron chi connectivity index (χ2n) is 1.30. The molecule has 0 aromatic heterocycles. The summed E-state index contributed by atoms with van der Waals surface area (Å²) < 4.78 is 1.29. The maximum Gasteiger partial charge on any atom is 2.00 e. The molecule has 0 saturated carbocycles. The molecule has 0 aliphatic heterocycles. The molecule has 0 nitrogen and oxygen atoms in total. The zero-order chi connectivity index (χ0) is 5.11. The van der Waals surface area contributed by atoms with Gasteiger partial charge in [-0.25, -0.2) is 0 Å². The molecule has 1 aromatic carbocycles. The van der Waals surface area contributed by atoms with Crippen LogP contribution in [0.25, 0.3) is 0 Å². The summed E-state index contributed by atoms with van der Waals surface area (Å²) >= 11 is 2.28. The van der Waals surface area contributed by atoms with E-state index in [9.17, 15) is 0 Å². The van der Waals surface area contributed by atoms with Gasteiger partial charge in [0.25, 0.3) is 0 Å². The van der Waals surface area contributed by atoms with Crippen LogP contribution in [0.3, 0.4) is 0 Å². The fourth-order valence-electron chi connectivity index (χ4n) is 0.415. The van der Waals surface area contributed by atoms with Gasteiger partial charge in [-0.2, -0.15) is 0 Å². The van der Waals surface area contributed by atoms with E-state index in [0.29, 0.717) is 0 Å². The average molecular weight is 244 g/mol. The Hall–Kier alpha value is 1.21. The summed E-state index contributed by atoms with van der Waals surface area (Å²) in [6, 6.07) is 10.2. The predicted octanol–water partition coefficient (Wildman–Crippen LogP) is 1.91. The number of halogens is 1. The van der Waals surface area contributed by atoms with E-state index < -0.39 is 0 Å². The molecule has 0 aliphatic carbocycles. The van der Waals surface area contributed by atoms with Crippen LogP contribution in [0.5, 0.6) is 0 Å².